The number of hydrogen-bond donors (Lipinski definition) is 2. The largest absolute Gasteiger partial charge is 0.508 e. The van der Waals surface area contributed by atoms with E-state index >= 15 is 0 Å². The van der Waals surface area contributed by atoms with E-state index in [1.165, 1.54) is 0 Å². The highest BCUT2D eigenvalue weighted by Crippen LogP contribution is 2.51. The van der Waals surface area contributed by atoms with Crippen LogP contribution >= 0.6 is 0 Å². The Morgan fingerprint density at radius 1 is 0.136 bits per heavy atom. The molecule has 0 saturated heterocycles. The smallest absolute Gasteiger partial charge is 0.115 e. The summed E-state index contributed by atoms with van der Waals surface area (Å²) in [7, 11) is 0. The summed E-state index contributed by atoms with van der Waals surface area (Å²) in [6, 6.07) is 121. The maximum Gasteiger partial charge on any atom is 0.115 e. The molecule has 0 heterocycles. The second kappa shape index (κ2) is 23.1. The van der Waals surface area contributed by atoms with Crippen LogP contribution in [-0.4, -0.2) is 10.2 Å². The van der Waals surface area contributed by atoms with Crippen LogP contribution in [0.5, 0.6) is 11.5 Å². The maximum atomic E-state index is 10.8. The fraction of sp³-hybridized carbons (Fsp3) is 0. The standard InChI is InChI=1S/C86H58O2/c87-73-49-45-69(46-50-73)83-79(65-37-29-61(30-38-65)57-17-5-1-6-18-57)53-71(54-80(83)66-39-31-62(32-40-66)58-19-7-2-8-20-58)85-75-25-13-15-27-77(75)86(78-28-16-14-26-76(78)85)72-55-81(67-41-33-63(34-42-67)59-21-9-3-10-22-59)84(70-47-51-74(88)52-48-70)82(56-72)68-43-35-64(36-44-68)60-23-11-4-12-24-60/h1-56,87-88H. The Bertz CT molecular complexity index is 4400. The average molecular weight is 1120 g/mol. The van der Waals surface area contributed by atoms with Gasteiger partial charge in [-0.15, -0.1) is 0 Å². The minimum atomic E-state index is 0.220. The summed E-state index contributed by atoms with van der Waals surface area (Å²) in [4.78, 5) is 0. The molecule has 2 heteroatoms. The van der Waals surface area contributed by atoms with Crippen molar-refractivity contribution in [3.05, 3.63) is 340 Å². The van der Waals surface area contributed by atoms with Gasteiger partial charge in [0.2, 0.25) is 0 Å². The van der Waals surface area contributed by atoms with Crippen LogP contribution in [0.1, 0.15) is 0 Å². The highest BCUT2D eigenvalue weighted by molar-refractivity contribution is 6.22. The first kappa shape index (κ1) is 53.2. The van der Waals surface area contributed by atoms with E-state index in [0.29, 0.717) is 0 Å². The summed E-state index contributed by atoms with van der Waals surface area (Å²) in [6.07, 6.45) is 0. The molecule has 88 heavy (non-hydrogen) atoms. The van der Waals surface area contributed by atoms with Gasteiger partial charge in [0.15, 0.2) is 0 Å². The normalized spacial score (nSPS) is 11.3. The second-order valence-electron chi connectivity index (χ2n) is 22.6. The molecule has 2 nitrogen and oxygen atoms in total. The minimum Gasteiger partial charge on any atom is -0.508 e. The Morgan fingerprint density at radius 2 is 0.318 bits per heavy atom. The molecule has 15 rings (SSSR count). The third-order valence-electron chi connectivity index (χ3n) is 17.3. The van der Waals surface area contributed by atoms with Gasteiger partial charge >= 0.3 is 0 Å². The van der Waals surface area contributed by atoms with Gasteiger partial charge in [0.05, 0.1) is 0 Å². The first-order valence-corrected chi connectivity index (χ1v) is 30.0. The van der Waals surface area contributed by atoms with Gasteiger partial charge < -0.3 is 10.2 Å². The van der Waals surface area contributed by atoms with Crippen LogP contribution in [0.15, 0.2) is 340 Å². The zero-order chi connectivity index (χ0) is 58.9. The van der Waals surface area contributed by atoms with Crippen LogP contribution < -0.4 is 0 Å². The van der Waals surface area contributed by atoms with Crippen molar-refractivity contribution >= 4 is 21.5 Å². The summed E-state index contributed by atoms with van der Waals surface area (Å²) in [5.41, 5.74) is 26.5. The van der Waals surface area contributed by atoms with E-state index in [4.69, 9.17) is 0 Å². The lowest BCUT2D eigenvalue weighted by Crippen LogP contribution is -1.97. The van der Waals surface area contributed by atoms with Crippen LogP contribution in [0.25, 0.3) is 155 Å². The molecule has 0 unspecified atom stereocenters. The number of benzene rings is 15. The predicted octanol–water partition coefficient (Wildman–Crippen LogP) is 23.4. The quantitative estimate of drug-likeness (QED) is 0.120. The molecule has 0 saturated carbocycles. The molecule has 0 fully saturated rings. The number of fused-ring (bicyclic) bond motifs is 2. The molecule has 15 aromatic rings. The van der Waals surface area contributed by atoms with E-state index in [2.05, 4.69) is 291 Å². The van der Waals surface area contributed by atoms with Gasteiger partial charge in [0, 0.05) is 0 Å². The molecule has 0 aliphatic carbocycles. The van der Waals surface area contributed by atoms with Crippen molar-refractivity contribution in [3.8, 4) is 145 Å². The molecule has 0 aromatic heterocycles. The van der Waals surface area contributed by atoms with Crippen molar-refractivity contribution in [1.82, 2.24) is 0 Å². The lowest BCUT2D eigenvalue weighted by atomic mass is 9.80. The van der Waals surface area contributed by atoms with E-state index in [0.717, 1.165) is 155 Å². The zero-order valence-corrected chi connectivity index (χ0v) is 48.2. The number of rotatable bonds is 12. The van der Waals surface area contributed by atoms with Crippen molar-refractivity contribution < 1.29 is 10.2 Å². The zero-order valence-electron chi connectivity index (χ0n) is 48.2. The van der Waals surface area contributed by atoms with Crippen LogP contribution in [0.3, 0.4) is 0 Å². The van der Waals surface area contributed by atoms with Crippen molar-refractivity contribution in [2.75, 3.05) is 0 Å². The van der Waals surface area contributed by atoms with Gasteiger partial charge in [-0.05, 0) is 204 Å². The first-order chi connectivity index (χ1) is 43.5. The molecule has 0 spiro atoms. The van der Waals surface area contributed by atoms with Crippen LogP contribution in [0.2, 0.25) is 0 Å². The topological polar surface area (TPSA) is 40.5 Å². The number of aromatic hydroxyl groups is 2. The van der Waals surface area contributed by atoms with Gasteiger partial charge in [-0.3, -0.25) is 0 Å². The summed E-state index contributed by atoms with van der Waals surface area (Å²) in [5.74, 6) is 0.439. The van der Waals surface area contributed by atoms with Crippen molar-refractivity contribution in [1.29, 1.82) is 0 Å². The fourth-order valence-corrected chi connectivity index (χ4v) is 13.0. The van der Waals surface area contributed by atoms with E-state index in [1.807, 2.05) is 24.3 Å². The van der Waals surface area contributed by atoms with Crippen LogP contribution in [-0.2, 0) is 0 Å². The van der Waals surface area contributed by atoms with Crippen molar-refractivity contribution in [2.45, 2.75) is 0 Å². The summed E-state index contributed by atoms with van der Waals surface area (Å²) < 4.78 is 0. The van der Waals surface area contributed by atoms with Gasteiger partial charge in [-0.2, -0.15) is 0 Å². The highest BCUT2D eigenvalue weighted by Gasteiger charge is 2.25. The van der Waals surface area contributed by atoms with Crippen LogP contribution in [0, 0.1) is 0 Å². The molecular formula is C86H58O2. The third-order valence-corrected chi connectivity index (χ3v) is 17.3. The molecule has 0 amide bonds. The van der Waals surface area contributed by atoms with Crippen LogP contribution in [0.4, 0.5) is 0 Å². The molecule has 0 aliphatic rings. The van der Waals surface area contributed by atoms with Gasteiger partial charge in [0.25, 0.3) is 0 Å². The maximum absolute atomic E-state index is 10.8. The summed E-state index contributed by atoms with van der Waals surface area (Å²) in [6.45, 7) is 0. The molecule has 0 radical (unpaired) electrons. The molecule has 15 aromatic carbocycles. The number of phenols is 2. The van der Waals surface area contributed by atoms with Crippen molar-refractivity contribution in [3.63, 3.8) is 0 Å². The van der Waals surface area contributed by atoms with Gasteiger partial charge in [-0.25, -0.2) is 0 Å². The fourth-order valence-electron chi connectivity index (χ4n) is 13.0. The highest BCUT2D eigenvalue weighted by atomic mass is 16.3. The van der Waals surface area contributed by atoms with Gasteiger partial charge in [-0.1, -0.05) is 291 Å². The lowest BCUT2D eigenvalue weighted by Gasteiger charge is -2.23. The third kappa shape index (κ3) is 10.2. The summed E-state index contributed by atoms with van der Waals surface area (Å²) >= 11 is 0. The molecule has 2 N–H and O–H groups in total. The average Bonchev–Trinajstić information content (AvgIpc) is 1.11. The Hall–Kier alpha value is -11.6. The van der Waals surface area contributed by atoms with E-state index in [9.17, 15) is 10.2 Å². The SMILES string of the molecule is Oc1ccc(-c2c(-c3ccc(-c4ccccc4)cc3)cc(-c3c4ccccc4c(-c4cc(-c5ccc(-c6ccccc6)cc5)c(-c5ccc(O)cc5)c(-c5ccc(-c6ccccc6)cc5)c4)c4ccccc34)cc2-c2ccc(-c3ccccc3)cc2)cc1. The molecule has 0 atom stereocenters. The Morgan fingerprint density at radius 3 is 0.545 bits per heavy atom. The van der Waals surface area contributed by atoms with Crippen molar-refractivity contribution in [2.24, 2.45) is 0 Å². The summed E-state index contributed by atoms with van der Waals surface area (Å²) in [5, 5.41) is 26.1. The first-order valence-electron chi connectivity index (χ1n) is 30.0. The molecule has 0 aliphatic heterocycles. The van der Waals surface area contributed by atoms with E-state index in [1.54, 1.807) is 24.3 Å². The lowest BCUT2D eigenvalue weighted by molar-refractivity contribution is 0.475. The van der Waals surface area contributed by atoms with E-state index in [-0.39, 0.29) is 11.5 Å². The number of hydrogen-bond acceptors (Lipinski definition) is 2. The molecule has 414 valence electrons. The Labute approximate surface area is 513 Å². The van der Waals surface area contributed by atoms with Gasteiger partial charge in [0.1, 0.15) is 11.5 Å². The Kier molecular flexibility index (Phi) is 14.0. The van der Waals surface area contributed by atoms with E-state index < -0.39 is 0 Å². The monoisotopic (exact) mass is 1120 g/mol. The Balaban J connectivity index is 0.998. The predicted molar refractivity (Wildman–Crippen MR) is 370 cm³/mol. The minimum absolute atomic E-state index is 0.220. The number of phenolic OH excluding ortho intramolecular Hbond substituents is 2. The molecule has 0 bridgehead atoms. The second-order valence-corrected chi connectivity index (χ2v) is 22.6. The molecular weight excluding hydrogens is 1060 g/mol.